The van der Waals surface area contributed by atoms with Crippen LogP contribution in [0.1, 0.15) is 50.4 Å². The highest BCUT2D eigenvalue weighted by molar-refractivity contribution is 6.30. The molecule has 3 nitrogen and oxygen atoms in total. The van der Waals surface area contributed by atoms with Gasteiger partial charge in [-0.3, -0.25) is 0 Å². The molecule has 1 aromatic rings. The highest BCUT2D eigenvalue weighted by Crippen LogP contribution is 2.63. The van der Waals surface area contributed by atoms with Gasteiger partial charge in [0.2, 0.25) is 0 Å². The second-order valence-electron chi connectivity index (χ2n) is 6.92. The molecule has 2 aliphatic carbocycles. The van der Waals surface area contributed by atoms with E-state index >= 15 is 0 Å². The van der Waals surface area contributed by atoms with Crippen molar-refractivity contribution in [2.75, 3.05) is 0 Å². The third-order valence-electron chi connectivity index (χ3n) is 5.81. The quantitative estimate of drug-likeness (QED) is 0.587. The molecule has 0 aromatic heterocycles. The van der Waals surface area contributed by atoms with E-state index in [0.29, 0.717) is 16.5 Å². The fourth-order valence-corrected chi connectivity index (χ4v) is 4.02. The summed E-state index contributed by atoms with van der Waals surface area (Å²) in [5.41, 5.74) is 1.74. The van der Waals surface area contributed by atoms with Crippen LogP contribution in [0.5, 0.6) is 0 Å². The molecule has 2 aliphatic rings. The summed E-state index contributed by atoms with van der Waals surface area (Å²) in [4.78, 5) is 17.2. The van der Waals surface area contributed by atoms with E-state index in [1.807, 2.05) is 0 Å². The van der Waals surface area contributed by atoms with Gasteiger partial charge in [-0.15, -0.1) is 0 Å². The van der Waals surface area contributed by atoms with E-state index in [-0.39, 0.29) is 10.8 Å². The van der Waals surface area contributed by atoms with Crippen molar-refractivity contribution < 1.29 is 9.63 Å². The van der Waals surface area contributed by atoms with Crippen LogP contribution in [-0.2, 0) is 4.84 Å². The Bertz CT molecular complexity index is 623. The average molecular weight is 306 g/mol. The van der Waals surface area contributed by atoms with Gasteiger partial charge in [0.15, 0.2) is 0 Å². The minimum Gasteiger partial charge on any atom is -0.313 e. The lowest BCUT2D eigenvalue weighted by Gasteiger charge is -2.34. The van der Waals surface area contributed by atoms with Crippen molar-refractivity contribution in [2.45, 2.75) is 40.0 Å². The molecule has 3 rings (SSSR count). The lowest BCUT2D eigenvalue weighted by Crippen LogP contribution is -2.32. The standard InChI is InChI=1S/C17H20ClNO2/c1-16(2)12-7-8-17(16,3)14(10-12)19-21-15(20)11-5-4-6-13(18)9-11/h4-6,9,12H,7-8,10H2,1-3H3/b19-14+. The van der Waals surface area contributed by atoms with Gasteiger partial charge in [0, 0.05) is 10.4 Å². The molecule has 1 aromatic carbocycles. The molecule has 2 bridgehead atoms. The summed E-state index contributed by atoms with van der Waals surface area (Å²) in [6, 6.07) is 6.73. The number of carbonyl (C=O) groups excluding carboxylic acids is 1. The highest BCUT2D eigenvalue weighted by Gasteiger charge is 2.60. The van der Waals surface area contributed by atoms with Crippen LogP contribution in [0.4, 0.5) is 0 Å². The molecule has 2 unspecified atom stereocenters. The Labute approximate surface area is 130 Å². The number of benzene rings is 1. The minimum absolute atomic E-state index is 0.0479. The summed E-state index contributed by atoms with van der Waals surface area (Å²) in [5.74, 6) is 0.195. The summed E-state index contributed by atoms with van der Waals surface area (Å²) in [6.45, 7) is 6.84. The Morgan fingerprint density at radius 2 is 2.14 bits per heavy atom. The minimum atomic E-state index is -0.450. The van der Waals surface area contributed by atoms with Crippen LogP contribution in [0.25, 0.3) is 0 Å². The molecule has 2 saturated carbocycles. The molecule has 0 aliphatic heterocycles. The third-order valence-corrected chi connectivity index (χ3v) is 6.05. The fraction of sp³-hybridized carbons (Fsp3) is 0.529. The number of hydrogen-bond acceptors (Lipinski definition) is 3. The van der Waals surface area contributed by atoms with E-state index < -0.39 is 5.97 Å². The smallest absolute Gasteiger partial charge is 0.313 e. The van der Waals surface area contributed by atoms with Gasteiger partial charge < -0.3 is 4.84 Å². The van der Waals surface area contributed by atoms with Gasteiger partial charge in [0.05, 0.1) is 11.3 Å². The third kappa shape index (κ3) is 2.18. The summed E-state index contributed by atoms with van der Waals surface area (Å²) in [5, 5.41) is 4.72. The largest absolute Gasteiger partial charge is 0.365 e. The molecular weight excluding hydrogens is 286 g/mol. The maximum Gasteiger partial charge on any atom is 0.365 e. The number of halogens is 1. The van der Waals surface area contributed by atoms with Crippen molar-refractivity contribution >= 4 is 23.3 Å². The molecular formula is C17H20ClNO2. The molecule has 4 heteroatoms. The van der Waals surface area contributed by atoms with Crippen molar-refractivity contribution in [3.8, 4) is 0 Å². The molecule has 112 valence electrons. The Balaban J connectivity index is 1.77. The van der Waals surface area contributed by atoms with Crippen LogP contribution in [0.3, 0.4) is 0 Å². The second kappa shape index (κ2) is 4.84. The molecule has 0 amide bonds. The van der Waals surface area contributed by atoms with Gasteiger partial charge in [0.25, 0.3) is 0 Å². The van der Waals surface area contributed by atoms with E-state index in [0.717, 1.165) is 18.6 Å². The topological polar surface area (TPSA) is 38.7 Å². The number of nitrogens with zero attached hydrogens (tertiary/aromatic N) is 1. The average Bonchev–Trinajstić information content (AvgIpc) is 2.77. The van der Waals surface area contributed by atoms with Crippen molar-refractivity contribution in [1.29, 1.82) is 0 Å². The summed E-state index contributed by atoms with van der Waals surface area (Å²) in [7, 11) is 0. The van der Waals surface area contributed by atoms with E-state index in [9.17, 15) is 4.79 Å². The normalized spacial score (nSPS) is 31.6. The van der Waals surface area contributed by atoms with Gasteiger partial charge in [-0.05, 0) is 48.8 Å². The number of fused-ring (bicyclic) bond motifs is 2. The second-order valence-corrected chi connectivity index (χ2v) is 7.36. The molecule has 0 radical (unpaired) electrons. The SMILES string of the molecule is CC12CCC(C/C1=N\OC(=O)c1cccc(Cl)c1)C2(C)C. The van der Waals surface area contributed by atoms with E-state index in [1.54, 1.807) is 24.3 Å². The molecule has 0 heterocycles. The first kappa shape index (κ1) is 14.6. The molecule has 0 saturated heterocycles. The van der Waals surface area contributed by atoms with E-state index in [4.69, 9.17) is 16.4 Å². The van der Waals surface area contributed by atoms with Crippen molar-refractivity contribution in [3.63, 3.8) is 0 Å². The first-order valence-corrected chi connectivity index (χ1v) is 7.77. The van der Waals surface area contributed by atoms with Gasteiger partial charge in [-0.1, -0.05) is 43.6 Å². The molecule has 2 atom stereocenters. The van der Waals surface area contributed by atoms with Gasteiger partial charge in [-0.25, -0.2) is 4.79 Å². The van der Waals surface area contributed by atoms with Gasteiger partial charge in [-0.2, -0.15) is 0 Å². The first-order chi connectivity index (χ1) is 9.84. The maximum absolute atomic E-state index is 12.0. The summed E-state index contributed by atoms with van der Waals surface area (Å²) >= 11 is 5.88. The zero-order valence-corrected chi connectivity index (χ0v) is 13.4. The van der Waals surface area contributed by atoms with E-state index in [1.165, 1.54) is 6.42 Å². The summed E-state index contributed by atoms with van der Waals surface area (Å²) in [6.07, 6.45) is 3.30. The first-order valence-electron chi connectivity index (χ1n) is 7.39. The number of carbonyl (C=O) groups is 1. The van der Waals surface area contributed by atoms with Crippen LogP contribution >= 0.6 is 11.6 Å². The van der Waals surface area contributed by atoms with Crippen LogP contribution in [-0.4, -0.2) is 11.7 Å². The number of oxime groups is 1. The number of hydrogen-bond donors (Lipinski definition) is 0. The zero-order valence-electron chi connectivity index (χ0n) is 12.6. The lowest BCUT2D eigenvalue weighted by atomic mass is 9.70. The predicted molar refractivity (Wildman–Crippen MR) is 83.5 cm³/mol. The van der Waals surface area contributed by atoms with Gasteiger partial charge in [0.1, 0.15) is 0 Å². The van der Waals surface area contributed by atoms with Crippen LogP contribution < -0.4 is 0 Å². The van der Waals surface area contributed by atoms with Crippen LogP contribution in [0.2, 0.25) is 5.02 Å². The summed E-state index contributed by atoms with van der Waals surface area (Å²) < 4.78 is 0. The Kier molecular flexibility index (Phi) is 3.36. The molecule has 21 heavy (non-hydrogen) atoms. The monoisotopic (exact) mass is 305 g/mol. The predicted octanol–water partition coefficient (Wildman–Crippen LogP) is 4.70. The number of rotatable bonds is 2. The zero-order chi connectivity index (χ0) is 15.3. The fourth-order valence-electron chi connectivity index (χ4n) is 3.83. The Morgan fingerprint density at radius 3 is 2.71 bits per heavy atom. The molecule has 2 fully saturated rings. The Morgan fingerprint density at radius 1 is 1.38 bits per heavy atom. The molecule has 0 N–H and O–H groups in total. The van der Waals surface area contributed by atoms with Crippen molar-refractivity contribution in [3.05, 3.63) is 34.9 Å². The Hall–Kier alpha value is -1.35. The highest BCUT2D eigenvalue weighted by atomic mass is 35.5. The van der Waals surface area contributed by atoms with Crippen LogP contribution in [0, 0.1) is 16.7 Å². The van der Waals surface area contributed by atoms with Crippen molar-refractivity contribution in [1.82, 2.24) is 0 Å². The van der Waals surface area contributed by atoms with E-state index in [2.05, 4.69) is 25.9 Å². The maximum atomic E-state index is 12.0. The van der Waals surface area contributed by atoms with Crippen LogP contribution in [0.15, 0.2) is 29.4 Å². The van der Waals surface area contributed by atoms with Crippen molar-refractivity contribution in [2.24, 2.45) is 21.9 Å². The van der Waals surface area contributed by atoms with Gasteiger partial charge >= 0.3 is 5.97 Å². The lowest BCUT2D eigenvalue weighted by molar-refractivity contribution is 0.0508. The molecule has 0 spiro atoms.